The largest absolute Gasteiger partial charge is 0.492 e. The van der Waals surface area contributed by atoms with Gasteiger partial charge in [-0.15, -0.1) is 0 Å². The van der Waals surface area contributed by atoms with E-state index in [9.17, 15) is 9.18 Å². The molecule has 2 aromatic carbocycles. The van der Waals surface area contributed by atoms with Crippen LogP contribution >= 0.6 is 0 Å². The lowest BCUT2D eigenvalue weighted by Crippen LogP contribution is -2.31. The topological polar surface area (TPSA) is 55.6 Å². The second-order valence-electron chi connectivity index (χ2n) is 6.58. The van der Waals surface area contributed by atoms with Crippen LogP contribution in [0.15, 0.2) is 59.1 Å². The standard InChI is InChI=1S/C22H23FN2O3/c1-16-6-5-7-17(14-16)27-13-12-25(2)22(26)11-10-21-24-15-20(28-21)18-8-3-4-9-19(18)23/h3-9,14-15H,10-13H2,1-2H3. The first kappa shape index (κ1) is 19.6. The molecule has 0 saturated heterocycles. The highest BCUT2D eigenvalue weighted by atomic mass is 19.1. The van der Waals surface area contributed by atoms with Crippen molar-refractivity contribution in [2.75, 3.05) is 20.2 Å². The first-order valence-electron chi connectivity index (χ1n) is 9.16. The molecule has 6 heteroatoms. The number of benzene rings is 2. The third-order valence-electron chi connectivity index (χ3n) is 4.36. The monoisotopic (exact) mass is 382 g/mol. The van der Waals surface area contributed by atoms with Gasteiger partial charge in [-0.2, -0.15) is 0 Å². The molecule has 28 heavy (non-hydrogen) atoms. The summed E-state index contributed by atoms with van der Waals surface area (Å²) < 4.78 is 25.1. The van der Waals surface area contributed by atoms with Crippen molar-refractivity contribution in [3.8, 4) is 17.1 Å². The van der Waals surface area contributed by atoms with Gasteiger partial charge in [-0.25, -0.2) is 9.37 Å². The quantitative estimate of drug-likeness (QED) is 0.584. The van der Waals surface area contributed by atoms with Crippen LogP contribution in [0.25, 0.3) is 11.3 Å². The number of halogens is 1. The van der Waals surface area contributed by atoms with Gasteiger partial charge in [-0.05, 0) is 36.8 Å². The number of oxazole rings is 1. The lowest BCUT2D eigenvalue weighted by atomic mass is 10.2. The Bertz CT molecular complexity index is 939. The molecule has 0 unspecified atom stereocenters. The van der Waals surface area contributed by atoms with E-state index < -0.39 is 0 Å². The molecule has 0 spiro atoms. The zero-order valence-electron chi connectivity index (χ0n) is 16.0. The number of carbonyl (C=O) groups is 1. The molecule has 1 heterocycles. The summed E-state index contributed by atoms with van der Waals surface area (Å²) in [5, 5.41) is 0. The Labute approximate surface area is 163 Å². The normalized spacial score (nSPS) is 10.7. The van der Waals surface area contributed by atoms with E-state index in [0.717, 1.165) is 11.3 Å². The number of likely N-dealkylation sites (N-methyl/N-ethyl adjacent to an activating group) is 1. The smallest absolute Gasteiger partial charge is 0.222 e. The van der Waals surface area contributed by atoms with Crippen molar-refractivity contribution < 1.29 is 18.3 Å². The van der Waals surface area contributed by atoms with Gasteiger partial charge in [0.1, 0.15) is 18.2 Å². The highest BCUT2D eigenvalue weighted by Crippen LogP contribution is 2.23. The van der Waals surface area contributed by atoms with Crippen LogP contribution in [0.1, 0.15) is 17.9 Å². The Morgan fingerprint density at radius 2 is 2.04 bits per heavy atom. The maximum Gasteiger partial charge on any atom is 0.222 e. The number of aromatic nitrogens is 1. The Kier molecular flexibility index (Phi) is 6.42. The highest BCUT2D eigenvalue weighted by Gasteiger charge is 2.14. The van der Waals surface area contributed by atoms with Gasteiger partial charge in [-0.1, -0.05) is 24.3 Å². The lowest BCUT2D eigenvalue weighted by Gasteiger charge is -2.17. The SMILES string of the molecule is Cc1cccc(OCCN(C)C(=O)CCc2ncc(-c3ccccc3F)o2)c1. The Hall–Kier alpha value is -3.15. The van der Waals surface area contributed by atoms with Crippen molar-refractivity contribution in [1.82, 2.24) is 9.88 Å². The van der Waals surface area contributed by atoms with Crippen molar-refractivity contribution in [3.63, 3.8) is 0 Å². The first-order chi connectivity index (χ1) is 13.5. The molecule has 0 bridgehead atoms. The average molecular weight is 382 g/mol. The molecule has 5 nitrogen and oxygen atoms in total. The summed E-state index contributed by atoms with van der Waals surface area (Å²) in [6.45, 7) is 2.91. The van der Waals surface area contributed by atoms with E-state index >= 15 is 0 Å². The van der Waals surface area contributed by atoms with E-state index in [1.807, 2.05) is 31.2 Å². The molecule has 0 saturated carbocycles. The molecule has 0 atom stereocenters. The summed E-state index contributed by atoms with van der Waals surface area (Å²) in [6, 6.07) is 14.1. The Morgan fingerprint density at radius 3 is 2.82 bits per heavy atom. The van der Waals surface area contributed by atoms with Crippen LogP contribution < -0.4 is 4.74 Å². The molecule has 146 valence electrons. The van der Waals surface area contributed by atoms with Crippen molar-refractivity contribution in [2.24, 2.45) is 0 Å². The summed E-state index contributed by atoms with van der Waals surface area (Å²) in [7, 11) is 1.74. The number of hydrogen-bond acceptors (Lipinski definition) is 4. The maximum absolute atomic E-state index is 13.8. The number of nitrogens with zero attached hydrogens (tertiary/aromatic N) is 2. The lowest BCUT2D eigenvalue weighted by molar-refractivity contribution is -0.130. The minimum absolute atomic E-state index is 0.0292. The summed E-state index contributed by atoms with van der Waals surface area (Å²) in [4.78, 5) is 18.1. The molecule has 1 aromatic heterocycles. The molecular formula is C22H23FN2O3. The van der Waals surface area contributed by atoms with Gasteiger partial charge in [0, 0.05) is 19.9 Å². The summed E-state index contributed by atoms with van der Waals surface area (Å²) in [6.07, 6.45) is 2.10. The van der Waals surface area contributed by atoms with E-state index in [2.05, 4.69) is 4.98 Å². The molecule has 0 aliphatic carbocycles. The highest BCUT2D eigenvalue weighted by molar-refractivity contribution is 5.76. The molecule has 0 aliphatic heterocycles. The fraction of sp³-hybridized carbons (Fsp3) is 0.273. The van der Waals surface area contributed by atoms with Crippen LogP contribution in [0, 0.1) is 12.7 Å². The number of carbonyl (C=O) groups excluding carboxylic acids is 1. The third kappa shape index (κ3) is 5.19. The minimum atomic E-state index is -0.366. The number of rotatable bonds is 8. The molecule has 0 radical (unpaired) electrons. The van der Waals surface area contributed by atoms with Gasteiger partial charge < -0.3 is 14.1 Å². The van der Waals surface area contributed by atoms with E-state index in [1.54, 1.807) is 30.1 Å². The predicted octanol–water partition coefficient (Wildman–Crippen LogP) is 4.26. The average Bonchev–Trinajstić information content (AvgIpc) is 3.15. The van der Waals surface area contributed by atoms with E-state index in [1.165, 1.54) is 12.3 Å². The fourth-order valence-corrected chi connectivity index (χ4v) is 2.75. The Morgan fingerprint density at radius 1 is 1.21 bits per heavy atom. The molecule has 3 aromatic rings. The van der Waals surface area contributed by atoms with E-state index in [-0.39, 0.29) is 18.1 Å². The minimum Gasteiger partial charge on any atom is -0.492 e. The van der Waals surface area contributed by atoms with Crippen LogP contribution in [0.4, 0.5) is 4.39 Å². The van der Waals surface area contributed by atoms with Gasteiger partial charge in [0.15, 0.2) is 11.7 Å². The van der Waals surface area contributed by atoms with Gasteiger partial charge in [0.05, 0.1) is 18.3 Å². The van der Waals surface area contributed by atoms with Crippen molar-refractivity contribution in [2.45, 2.75) is 19.8 Å². The van der Waals surface area contributed by atoms with Crippen LogP contribution in [-0.2, 0) is 11.2 Å². The number of ether oxygens (including phenoxy) is 1. The second-order valence-corrected chi connectivity index (χ2v) is 6.58. The Balaban J connectivity index is 1.45. The van der Waals surface area contributed by atoms with Gasteiger partial charge in [-0.3, -0.25) is 4.79 Å². The molecule has 3 rings (SSSR count). The summed E-state index contributed by atoms with van der Waals surface area (Å²) in [5.74, 6) is 1.17. The van der Waals surface area contributed by atoms with Gasteiger partial charge >= 0.3 is 0 Å². The molecule has 0 fully saturated rings. The van der Waals surface area contributed by atoms with Gasteiger partial charge in [0.25, 0.3) is 0 Å². The molecule has 0 N–H and O–H groups in total. The number of aryl methyl sites for hydroxylation is 2. The first-order valence-corrected chi connectivity index (χ1v) is 9.16. The molecule has 1 amide bonds. The third-order valence-corrected chi connectivity index (χ3v) is 4.36. The van der Waals surface area contributed by atoms with E-state index in [0.29, 0.717) is 36.8 Å². The predicted molar refractivity (Wildman–Crippen MR) is 105 cm³/mol. The van der Waals surface area contributed by atoms with Gasteiger partial charge in [0.2, 0.25) is 5.91 Å². The zero-order chi connectivity index (χ0) is 19.9. The second kappa shape index (κ2) is 9.17. The number of amides is 1. The van der Waals surface area contributed by atoms with Crippen LogP contribution in [0.3, 0.4) is 0 Å². The fourth-order valence-electron chi connectivity index (χ4n) is 2.75. The van der Waals surface area contributed by atoms with Crippen molar-refractivity contribution in [1.29, 1.82) is 0 Å². The zero-order valence-corrected chi connectivity index (χ0v) is 16.0. The maximum atomic E-state index is 13.8. The van der Waals surface area contributed by atoms with Crippen LogP contribution in [0.5, 0.6) is 5.75 Å². The number of hydrogen-bond donors (Lipinski definition) is 0. The summed E-state index contributed by atoms with van der Waals surface area (Å²) in [5.41, 5.74) is 1.49. The van der Waals surface area contributed by atoms with Crippen LogP contribution in [-0.4, -0.2) is 36.0 Å². The summed E-state index contributed by atoms with van der Waals surface area (Å²) >= 11 is 0. The molecular weight excluding hydrogens is 359 g/mol. The van der Waals surface area contributed by atoms with Crippen molar-refractivity contribution >= 4 is 5.91 Å². The molecule has 0 aliphatic rings. The van der Waals surface area contributed by atoms with E-state index in [4.69, 9.17) is 9.15 Å². The van der Waals surface area contributed by atoms with Crippen LogP contribution in [0.2, 0.25) is 0 Å². The van der Waals surface area contributed by atoms with Crippen molar-refractivity contribution in [3.05, 3.63) is 72.0 Å².